The topological polar surface area (TPSA) is 78.0 Å². The van der Waals surface area contributed by atoms with Crippen LogP contribution in [0.2, 0.25) is 5.02 Å². The molecule has 27 heavy (non-hydrogen) atoms. The van der Waals surface area contributed by atoms with Crippen molar-refractivity contribution in [2.75, 3.05) is 0 Å². The minimum absolute atomic E-state index is 0.0866. The van der Waals surface area contributed by atoms with Crippen molar-refractivity contribution in [2.45, 2.75) is 43.0 Å². The summed E-state index contributed by atoms with van der Waals surface area (Å²) in [6, 6.07) is 10.0. The molecule has 2 atom stereocenters. The predicted octanol–water partition coefficient (Wildman–Crippen LogP) is 3.99. The van der Waals surface area contributed by atoms with Crippen LogP contribution in [-0.2, 0) is 16.4 Å². The van der Waals surface area contributed by atoms with Gasteiger partial charge >= 0.3 is 0 Å². The van der Waals surface area contributed by atoms with Crippen LogP contribution < -0.4 is 5.73 Å². The fourth-order valence-corrected chi connectivity index (χ4v) is 5.94. The first kappa shape index (κ1) is 18.5. The molecular formula is C20H22ClN3O2S. The highest BCUT2D eigenvalue weighted by atomic mass is 35.5. The van der Waals surface area contributed by atoms with Crippen LogP contribution in [0.3, 0.4) is 0 Å². The Morgan fingerprint density at radius 2 is 2.07 bits per heavy atom. The second-order valence-corrected chi connectivity index (χ2v) is 9.75. The van der Waals surface area contributed by atoms with Crippen LogP contribution in [0.1, 0.15) is 31.7 Å². The maximum absolute atomic E-state index is 13.3. The Hall–Kier alpha value is -1.89. The summed E-state index contributed by atoms with van der Waals surface area (Å²) in [5.74, 6) is 0.307. The number of rotatable bonds is 4. The smallest absolute Gasteiger partial charge is 0.269 e. The van der Waals surface area contributed by atoms with Crippen molar-refractivity contribution in [3.8, 4) is 0 Å². The molecule has 0 saturated heterocycles. The molecule has 7 heteroatoms. The SMILES string of the molecule is CC1(N)CCC[C@H]1Cc1cn(S(=O)(=O)c2ccccc2Cl)c2cccnc12. The van der Waals surface area contributed by atoms with Gasteiger partial charge in [-0.15, -0.1) is 0 Å². The zero-order valence-corrected chi connectivity index (χ0v) is 16.7. The molecule has 1 unspecified atom stereocenters. The van der Waals surface area contributed by atoms with Gasteiger partial charge in [-0.25, -0.2) is 12.4 Å². The van der Waals surface area contributed by atoms with Gasteiger partial charge in [-0.1, -0.05) is 30.2 Å². The lowest BCUT2D eigenvalue weighted by Crippen LogP contribution is -2.40. The highest BCUT2D eigenvalue weighted by Gasteiger charge is 2.36. The lowest BCUT2D eigenvalue weighted by molar-refractivity contribution is 0.345. The fraction of sp³-hybridized carbons (Fsp3) is 0.350. The standard InChI is InChI=1S/C20H22ClN3O2S/c1-20(22)10-4-6-15(20)12-14-13-24(17-8-5-11-23-19(14)17)27(25,26)18-9-3-2-7-16(18)21/h2-3,5,7-9,11,13,15H,4,6,10,12,22H2,1H3/t15-,20?/m0/s1. The molecule has 1 fully saturated rings. The normalized spacial score (nSPS) is 23.1. The minimum Gasteiger partial charge on any atom is -0.325 e. The van der Waals surface area contributed by atoms with E-state index < -0.39 is 10.0 Å². The Labute approximate surface area is 164 Å². The van der Waals surface area contributed by atoms with E-state index in [1.54, 1.807) is 42.7 Å². The van der Waals surface area contributed by atoms with Crippen LogP contribution in [0.25, 0.3) is 11.0 Å². The van der Waals surface area contributed by atoms with Gasteiger partial charge in [-0.2, -0.15) is 0 Å². The fourth-order valence-electron chi connectivity index (χ4n) is 4.07. The predicted molar refractivity (Wildman–Crippen MR) is 107 cm³/mol. The molecule has 3 aromatic rings. The van der Waals surface area contributed by atoms with Crippen molar-refractivity contribution in [1.82, 2.24) is 8.96 Å². The highest BCUT2D eigenvalue weighted by molar-refractivity contribution is 7.90. The zero-order chi connectivity index (χ0) is 19.2. The summed E-state index contributed by atoms with van der Waals surface area (Å²) in [5.41, 5.74) is 8.39. The Balaban J connectivity index is 1.85. The van der Waals surface area contributed by atoms with E-state index in [0.29, 0.717) is 23.4 Å². The Morgan fingerprint density at radius 3 is 2.78 bits per heavy atom. The first-order chi connectivity index (χ1) is 12.8. The zero-order valence-electron chi connectivity index (χ0n) is 15.1. The molecular weight excluding hydrogens is 382 g/mol. The number of hydrogen-bond donors (Lipinski definition) is 1. The lowest BCUT2D eigenvalue weighted by atomic mass is 9.85. The van der Waals surface area contributed by atoms with E-state index in [9.17, 15) is 8.42 Å². The maximum atomic E-state index is 13.3. The van der Waals surface area contributed by atoms with Crippen LogP contribution in [0.5, 0.6) is 0 Å². The van der Waals surface area contributed by atoms with E-state index in [4.69, 9.17) is 17.3 Å². The van der Waals surface area contributed by atoms with Crippen molar-refractivity contribution >= 4 is 32.7 Å². The largest absolute Gasteiger partial charge is 0.325 e. The van der Waals surface area contributed by atoms with E-state index in [1.807, 2.05) is 0 Å². The lowest BCUT2D eigenvalue weighted by Gasteiger charge is -2.26. The van der Waals surface area contributed by atoms with E-state index in [0.717, 1.165) is 24.8 Å². The van der Waals surface area contributed by atoms with Gasteiger partial charge in [0.25, 0.3) is 10.0 Å². The van der Waals surface area contributed by atoms with Crippen molar-refractivity contribution in [3.63, 3.8) is 0 Å². The second kappa shape index (κ2) is 6.62. The second-order valence-electron chi connectivity index (χ2n) is 7.56. The number of hydrogen-bond acceptors (Lipinski definition) is 4. The number of pyridine rings is 1. The van der Waals surface area contributed by atoms with Gasteiger partial charge in [0.15, 0.2) is 0 Å². The molecule has 0 bridgehead atoms. The first-order valence-electron chi connectivity index (χ1n) is 9.04. The Bertz CT molecular complexity index is 1110. The molecule has 0 aliphatic heterocycles. The van der Waals surface area contributed by atoms with Gasteiger partial charge in [0.1, 0.15) is 4.90 Å². The van der Waals surface area contributed by atoms with Crippen LogP contribution >= 0.6 is 11.6 Å². The van der Waals surface area contributed by atoms with Crippen molar-refractivity contribution in [2.24, 2.45) is 11.7 Å². The number of benzene rings is 1. The van der Waals surface area contributed by atoms with Crippen LogP contribution in [0, 0.1) is 5.92 Å². The molecule has 1 saturated carbocycles. The molecule has 1 aliphatic carbocycles. The third-order valence-electron chi connectivity index (χ3n) is 5.64. The summed E-state index contributed by atoms with van der Waals surface area (Å²) in [4.78, 5) is 4.55. The summed E-state index contributed by atoms with van der Waals surface area (Å²) in [5, 5.41) is 0.204. The third-order valence-corrected chi connectivity index (χ3v) is 7.82. The van der Waals surface area contributed by atoms with Crippen molar-refractivity contribution < 1.29 is 8.42 Å². The van der Waals surface area contributed by atoms with Gasteiger partial charge in [0.05, 0.1) is 16.1 Å². The van der Waals surface area contributed by atoms with Gasteiger partial charge in [-0.05, 0) is 61.9 Å². The monoisotopic (exact) mass is 403 g/mol. The number of nitrogens with zero attached hydrogens (tertiary/aromatic N) is 2. The molecule has 2 N–H and O–H groups in total. The van der Waals surface area contributed by atoms with Crippen molar-refractivity contribution in [3.05, 3.63) is 59.4 Å². The molecule has 0 radical (unpaired) electrons. The van der Waals surface area contributed by atoms with Crippen LogP contribution in [-0.4, -0.2) is 22.9 Å². The summed E-state index contributed by atoms with van der Waals surface area (Å²) in [6.45, 7) is 2.08. The average molecular weight is 404 g/mol. The molecule has 142 valence electrons. The van der Waals surface area contributed by atoms with Crippen LogP contribution in [0.4, 0.5) is 0 Å². The Morgan fingerprint density at radius 1 is 1.30 bits per heavy atom. The number of aromatic nitrogens is 2. The number of fused-ring (bicyclic) bond motifs is 1. The Kier molecular flexibility index (Phi) is 4.53. The summed E-state index contributed by atoms with van der Waals surface area (Å²) < 4.78 is 27.8. The van der Waals surface area contributed by atoms with Gasteiger partial charge in [0, 0.05) is 17.9 Å². The molecule has 0 spiro atoms. The van der Waals surface area contributed by atoms with E-state index in [1.165, 1.54) is 10.0 Å². The minimum atomic E-state index is -3.82. The molecule has 1 aliphatic rings. The molecule has 2 aromatic heterocycles. The van der Waals surface area contributed by atoms with Gasteiger partial charge in [-0.3, -0.25) is 4.98 Å². The maximum Gasteiger partial charge on any atom is 0.269 e. The highest BCUT2D eigenvalue weighted by Crippen LogP contribution is 2.37. The van der Waals surface area contributed by atoms with Gasteiger partial charge < -0.3 is 5.73 Å². The first-order valence-corrected chi connectivity index (χ1v) is 10.9. The van der Waals surface area contributed by atoms with Crippen LogP contribution in [0.15, 0.2) is 53.7 Å². The number of halogens is 1. The molecule has 1 aromatic carbocycles. The average Bonchev–Trinajstić information content (AvgIpc) is 3.16. The molecule has 0 amide bonds. The molecule has 4 rings (SSSR count). The van der Waals surface area contributed by atoms with E-state index >= 15 is 0 Å². The summed E-state index contributed by atoms with van der Waals surface area (Å²) >= 11 is 6.17. The quantitative estimate of drug-likeness (QED) is 0.714. The molecule has 2 heterocycles. The van der Waals surface area contributed by atoms with E-state index in [-0.39, 0.29) is 15.5 Å². The number of nitrogens with two attached hydrogens (primary N) is 1. The van der Waals surface area contributed by atoms with Crippen molar-refractivity contribution in [1.29, 1.82) is 0 Å². The van der Waals surface area contributed by atoms with E-state index in [2.05, 4.69) is 11.9 Å². The van der Waals surface area contributed by atoms with Gasteiger partial charge in [0.2, 0.25) is 0 Å². The third kappa shape index (κ3) is 3.16. The summed E-state index contributed by atoms with van der Waals surface area (Å²) in [7, 11) is -3.82. The summed E-state index contributed by atoms with van der Waals surface area (Å²) in [6.07, 6.45) is 7.22. The molecule has 5 nitrogen and oxygen atoms in total.